The van der Waals surface area contributed by atoms with Crippen LogP contribution in [0.3, 0.4) is 0 Å². The molecule has 66 valence electrons. The first-order valence-electron chi connectivity index (χ1n) is 4.23. The highest BCUT2D eigenvalue weighted by Gasteiger charge is 2.11. The van der Waals surface area contributed by atoms with Crippen LogP contribution in [0.4, 0.5) is 0 Å². The molecule has 1 saturated heterocycles. The predicted octanol–water partition coefficient (Wildman–Crippen LogP) is 1.95. The molecule has 0 saturated carbocycles. The normalized spacial score (nSPS) is 17.3. The van der Waals surface area contributed by atoms with Gasteiger partial charge >= 0.3 is 0 Å². The molecule has 0 unspecified atom stereocenters. The van der Waals surface area contributed by atoms with Gasteiger partial charge in [0.2, 0.25) is 0 Å². The summed E-state index contributed by atoms with van der Waals surface area (Å²) in [4.78, 5) is 5.04. The zero-order chi connectivity index (χ0) is 8.81. The molecule has 0 aromatic rings. The van der Waals surface area contributed by atoms with Crippen LogP contribution in [0, 0.1) is 0 Å². The predicted molar refractivity (Wildman–Crippen MR) is 48.8 cm³/mol. The zero-order valence-corrected chi connectivity index (χ0v) is 7.24. The van der Waals surface area contributed by atoms with Crippen LogP contribution in [0.15, 0.2) is 17.3 Å². The van der Waals surface area contributed by atoms with Gasteiger partial charge < -0.3 is 0 Å². The first-order valence-corrected chi connectivity index (χ1v) is 4.23. The summed E-state index contributed by atoms with van der Waals surface area (Å²) in [6, 6.07) is 0. The number of rotatable bonds is 4. The van der Waals surface area contributed by atoms with Gasteiger partial charge in [-0.2, -0.15) is 0 Å². The Hall–Kier alpha value is -0.990. The number of azide groups is 1. The third kappa shape index (κ3) is 2.95. The molecule has 0 atom stereocenters. The summed E-state index contributed by atoms with van der Waals surface area (Å²) in [6.07, 6.45) is 2.57. The van der Waals surface area contributed by atoms with Gasteiger partial charge in [-0.05, 0) is 31.5 Å². The minimum absolute atomic E-state index is 0.438. The maximum atomic E-state index is 8.08. The molecule has 0 aliphatic carbocycles. The molecule has 12 heavy (non-hydrogen) atoms. The highest BCUT2D eigenvalue weighted by molar-refractivity contribution is 5.00. The fourth-order valence-electron chi connectivity index (χ4n) is 1.44. The van der Waals surface area contributed by atoms with E-state index in [-0.39, 0.29) is 0 Å². The van der Waals surface area contributed by atoms with Crippen LogP contribution in [0.2, 0.25) is 0 Å². The lowest BCUT2D eigenvalue weighted by Gasteiger charge is -2.14. The van der Waals surface area contributed by atoms with Gasteiger partial charge in [0.25, 0.3) is 0 Å². The molecule has 0 aromatic carbocycles. The average molecular weight is 166 g/mol. The van der Waals surface area contributed by atoms with Crippen molar-refractivity contribution in [2.45, 2.75) is 12.8 Å². The van der Waals surface area contributed by atoms with Crippen molar-refractivity contribution in [1.29, 1.82) is 0 Å². The summed E-state index contributed by atoms with van der Waals surface area (Å²) in [6.45, 7) is 7.50. The number of hydrogen-bond acceptors (Lipinski definition) is 2. The van der Waals surface area contributed by atoms with Crippen LogP contribution in [0.5, 0.6) is 0 Å². The Morgan fingerprint density at radius 2 is 2.17 bits per heavy atom. The van der Waals surface area contributed by atoms with Crippen molar-refractivity contribution in [1.82, 2.24) is 4.90 Å². The molecule has 1 heterocycles. The number of hydrogen-bond donors (Lipinski definition) is 0. The number of nitrogens with zero attached hydrogens (tertiary/aromatic N) is 4. The van der Waals surface area contributed by atoms with E-state index in [1.165, 1.54) is 12.8 Å². The van der Waals surface area contributed by atoms with Gasteiger partial charge in [-0.25, -0.2) is 0 Å². The first kappa shape index (κ1) is 9.10. The molecule has 4 nitrogen and oxygen atoms in total. The van der Waals surface area contributed by atoms with E-state index < -0.39 is 0 Å². The smallest absolute Gasteiger partial charge is 0.0479 e. The summed E-state index contributed by atoms with van der Waals surface area (Å²) in [5.74, 6) is 0. The quantitative estimate of drug-likeness (QED) is 0.272. The van der Waals surface area contributed by atoms with Crippen LogP contribution in [-0.4, -0.2) is 31.1 Å². The van der Waals surface area contributed by atoms with Crippen LogP contribution in [0.1, 0.15) is 12.8 Å². The standard InChI is InChI=1S/C8H14N4/c1-8(6-10-11-9)7-12-4-2-3-5-12/h1-7H2. The van der Waals surface area contributed by atoms with Crippen molar-refractivity contribution < 1.29 is 0 Å². The summed E-state index contributed by atoms with van der Waals surface area (Å²) in [7, 11) is 0. The maximum absolute atomic E-state index is 8.08. The summed E-state index contributed by atoms with van der Waals surface area (Å²) < 4.78 is 0. The Balaban J connectivity index is 2.20. The Bertz CT molecular complexity index is 199. The van der Waals surface area contributed by atoms with Crippen molar-refractivity contribution in [3.8, 4) is 0 Å². The fourth-order valence-corrected chi connectivity index (χ4v) is 1.44. The molecule has 0 radical (unpaired) electrons. The van der Waals surface area contributed by atoms with Gasteiger partial charge in [-0.15, -0.1) is 0 Å². The van der Waals surface area contributed by atoms with E-state index in [9.17, 15) is 0 Å². The van der Waals surface area contributed by atoms with Gasteiger partial charge in [0, 0.05) is 18.0 Å². The lowest BCUT2D eigenvalue weighted by Crippen LogP contribution is -2.22. The second kappa shape index (κ2) is 4.80. The van der Waals surface area contributed by atoms with Crippen molar-refractivity contribution in [2.75, 3.05) is 26.2 Å². The highest BCUT2D eigenvalue weighted by atomic mass is 15.2. The first-order chi connectivity index (χ1) is 5.83. The fraction of sp³-hybridized carbons (Fsp3) is 0.750. The van der Waals surface area contributed by atoms with Crippen LogP contribution < -0.4 is 0 Å². The van der Waals surface area contributed by atoms with Crippen LogP contribution in [-0.2, 0) is 0 Å². The highest BCUT2D eigenvalue weighted by Crippen LogP contribution is 2.09. The molecule has 0 bridgehead atoms. The minimum atomic E-state index is 0.438. The van der Waals surface area contributed by atoms with Crippen LogP contribution >= 0.6 is 0 Å². The third-order valence-electron chi connectivity index (χ3n) is 2.00. The zero-order valence-electron chi connectivity index (χ0n) is 7.24. The van der Waals surface area contributed by atoms with E-state index in [0.717, 1.165) is 25.2 Å². The van der Waals surface area contributed by atoms with Gasteiger partial charge in [-0.3, -0.25) is 4.90 Å². The molecular formula is C8H14N4. The van der Waals surface area contributed by atoms with Gasteiger partial charge in [-0.1, -0.05) is 17.3 Å². The summed E-state index contributed by atoms with van der Waals surface area (Å²) >= 11 is 0. The lowest BCUT2D eigenvalue weighted by molar-refractivity contribution is 0.367. The Labute approximate surface area is 72.5 Å². The minimum Gasteiger partial charge on any atom is -0.299 e. The summed E-state index contributed by atoms with van der Waals surface area (Å²) in [5.41, 5.74) is 9.09. The molecule has 1 fully saturated rings. The van der Waals surface area contributed by atoms with E-state index in [0.29, 0.717) is 6.54 Å². The van der Waals surface area contributed by atoms with Crippen molar-refractivity contribution in [3.05, 3.63) is 22.6 Å². The van der Waals surface area contributed by atoms with Gasteiger partial charge in [0.15, 0.2) is 0 Å². The van der Waals surface area contributed by atoms with Gasteiger partial charge in [0.05, 0.1) is 0 Å². The molecule has 4 heteroatoms. The second-order valence-corrected chi connectivity index (χ2v) is 3.12. The molecule has 0 spiro atoms. The van der Waals surface area contributed by atoms with Crippen molar-refractivity contribution >= 4 is 0 Å². The Morgan fingerprint density at radius 3 is 2.75 bits per heavy atom. The van der Waals surface area contributed by atoms with E-state index in [2.05, 4.69) is 21.5 Å². The van der Waals surface area contributed by atoms with E-state index in [4.69, 9.17) is 5.53 Å². The Morgan fingerprint density at radius 1 is 1.50 bits per heavy atom. The molecule has 1 rings (SSSR count). The molecule has 0 amide bonds. The molecular weight excluding hydrogens is 152 g/mol. The lowest BCUT2D eigenvalue weighted by atomic mass is 10.3. The molecule has 0 aromatic heterocycles. The van der Waals surface area contributed by atoms with Crippen molar-refractivity contribution in [3.63, 3.8) is 0 Å². The largest absolute Gasteiger partial charge is 0.299 e. The maximum Gasteiger partial charge on any atom is 0.0479 e. The molecule has 0 N–H and O–H groups in total. The summed E-state index contributed by atoms with van der Waals surface area (Å²) in [5, 5.41) is 3.47. The topological polar surface area (TPSA) is 52.0 Å². The second-order valence-electron chi connectivity index (χ2n) is 3.12. The van der Waals surface area contributed by atoms with Gasteiger partial charge in [0.1, 0.15) is 0 Å². The molecule has 1 aliphatic heterocycles. The third-order valence-corrected chi connectivity index (χ3v) is 2.00. The van der Waals surface area contributed by atoms with Crippen LogP contribution in [0.25, 0.3) is 10.4 Å². The van der Waals surface area contributed by atoms with E-state index in [1.54, 1.807) is 0 Å². The van der Waals surface area contributed by atoms with E-state index in [1.807, 2.05) is 0 Å². The molecule has 1 aliphatic rings. The Kier molecular flexibility index (Phi) is 3.64. The van der Waals surface area contributed by atoms with E-state index >= 15 is 0 Å². The van der Waals surface area contributed by atoms with Crippen molar-refractivity contribution in [2.24, 2.45) is 5.11 Å². The average Bonchev–Trinajstić information content (AvgIpc) is 2.53. The number of likely N-dealkylation sites (tertiary alicyclic amines) is 1. The SMILES string of the molecule is C=C(CN=[N+]=[N-])CN1CCCC1. The monoisotopic (exact) mass is 166 g/mol.